The van der Waals surface area contributed by atoms with Crippen LogP contribution in [-0.4, -0.2) is 47.5 Å². The number of rotatable bonds is 5. The Morgan fingerprint density at radius 1 is 1.13 bits per heavy atom. The fraction of sp³-hybridized carbons (Fsp3) is 0.353. The van der Waals surface area contributed by atoms with Crippen LogP contribution in [0.1, 0.15) is 11.1 Å². The number of aryl methyl sites for hydroxylation is 1. The second-order valence-corrected chi connectivity index (χ2v) is 5.71. The molecule has 23 heavy (non-hydrogen) atoms. The lowest BCUT2D eigenvalue weighted by molar-refractivity contribution is -0.118. The molecule has 1 aromatic heterocycles. The third-order valence-electron chi connectivity index (χ3n) is 3.98. The smallest absolute Gasteiger partial charge is 0.227 e. The van der Waals surface area contributed by atoms with E-state index in [2.05, 4.69) is 51.4 Å². The molecule has 3 rings (SSSR count). The number of aromatic nitrogens is 2. The quantitative estimate of drug-likeness (QED) is 0.851. The minimum absolute atomic E-state index is 0.712. The molecule has 1 amide bonds. The maximum absolute atomic E-state index is 10.8. The Morgan fingerprint density at radius 2 is 1.87 bits per heavy atom. The number of carbonyl (C=O) groups is 1. The van der Waals surface area contributed by atoms with Crippen LogP contribution in [0.5, 0.6) is 0 Å². The molecule has 6 nitrogen and oxygen atoms in total. The zero-order chi connectivity index (χ0) is 16.1. The molecule has 0 spiro atoms. The van der Waals surface area contributed by atoms with Crippen LogP contribution in [0, 0.1) is 6.92 Å². The maximum atomic E-state index is 10.8. The van der Waals surface area contributed by atoms with Gasteiger partial charge in [-0.1, -0.05) is 29.8 Å². The topological polar surface area (TPSA) is 61.4 Å². The largest absolute Gasteiger partial charge is 0.366 e. The average Bonchev–Trinajstić information content (AvgIpc) is 2.61. The first-order valence-electron chi connectivity index (χ1n) is 7.81. The number of amides is 1. The second kappa shape index (κ2) is 7.09. The SMILES string of the molecule is Cc1ccc(CNc2ccnc(N3CCN(C=O)CC3)n2)cc1. The Kier molecular flexibility index (Phi) is 4.71. The molecule has 1 aliphatic rings. The van der Waals surface area contributed by atoms with Crippen molar-refractivity contribution in [2.75, 3.05) is 36.4 Å². The molecule has 1 aromatic carbocycles. The van der Waals surface area contributed by atoms with Crippen LogP contribution in [0.4, 0.5) is 11.8 Å². The van der Waals surface area contributed by atoms with E-state index in [1.54, 1.807) is 11.1 Å². The third kappa shape index (κ3) is 3.97. The summed E-state index contributed by atoms with van der Waals surface area (Å²) in [7, 11) is 0. The van der Waals surface area contributed by atoms with E-state index < -0.39 is 0 Å². The highest BCUT2D eigenvalue weighted by molar-refractivity contribution is 5.49. The maximum Gasteiger partial charge on any atom is 0.227 e. The number of piperazine rings is 1. The predicted molar refractivity (Wildman–Crippen MR) is 90.4 cm³/mol. The van der Waals surface area contributed by atoms with Gasteiger partial charge in [0.15, 0.2) is 0 Å². The molecule has 1 saturated heterocycles. The lowest BCUT2D eigenvalue weighted by Crippen LogP contribution is -2.46. The van der Waals surface area contributed by atoms with Gasteiger partial charge in [-0.15, -0.1) is 0 Å². The zero-order valence-electron chi connectivity index (χ0n) is 13.3. The lowest BCUT2D eigenvalue weighted by atomic mass is 10.1. The first kappa shape index (κ1) is 15.3. The molecule has 0 bridgehead atoms. The Bertz CT molecular complexity index is 650. The summed E-state index contributed by atoms with van der Waals surface area (Å²) in [5.41, 5.74) is 2.47. The number of hydrogen-bond donors (Lipinski definition) is 1. The molecule has 1 fully saturated rings. The molecule has 6 heteroatoms. The first-order valence-corrected chi connectivity index (χ1v) is 7.81. The summed E-state index contributed by atoms with van der Waals surface area (Å²) in [6, 6.07) is 10.3. The number of carbonyl (C=O) groups excluding carboxylic acids is 1. The van der Waals surface area contributed by atoms with Gasteiger partial charge in [0.25, 0.3) is 0 Å². The van der Waals surface area contributed by atoms with E-state index in [1.165, 1.54) is 11.1 Å². The summed E-state index contributed by atoms with van der Waals surface area (Å²) in [5, 5.41) is 3.34. The fourth-order valence-corrected chi connectivity index (χ4v) is 2.53. The van der Waals surface area contributed by atoms with Crippen LogP contribution in [0.15, 0.2) is 36.5 Å². The summed E-state index contributed by atoms with van der Waals surface area (Å²) >= 11 is 0. The van der Waals surface area contributed by atoms with Crippen molar-refractivity contribution in [1.29, 1.82) is 0 Å². The first-order chi connectivity index (χ1) is 11.2. The van der Waals surface area contributed by atoms with Gasteiger partial charge in [-0.2, -0.15) is 4.98 Å². The summed E-state index contributed by atoms with van der Waals surface area (Å²) in [4.78, 5) is 23.6. The van der Waals surface area contributed by atoms with Gasteiger partial charge in [0.05, 0.1) is 0 Å². The van der Waals surface area contributed by atoms with Crippen LogP contribution < -0.4 is 10.2 Å². The van der Waals surface area contributed by atoms with Crippen LogP contribution in [-0.2, 0) is 11.3 Å². The Hall–Kier alpha value is -2.63. The average molecular weight is 311 g/mol. The van der Waals surface area contributed by atoms with Gasteiger partial charge >= 0.3 is 0 Å². The molecular weight excluding hydrogens is 290 g/mol. The van der Waals surface area contributed by atoms with E-state index in [1.807, 2.05) is 6.07 Å². The minimum Gasteiger partial charge on any atom is -0.366 e. The van der Waals surface area contributed by atoms with Gasteiger partial charge in [-0.25, -0.2) is 4.98 Å². The lowest BCUT2D eigenvalue weighted by Gasteiger charge is -2.32. The van der Waals surface area contributed by atoms with Gasteiger partial charge < -0.3 is 15.1 Å². The van der Waals surface area contributed by atoms with E-state index in [4.69, 9.17) is 0 Å². The van der Waals surface area contributed by atoms with E-state index in [0.717, 1.165) is 31.9 Å². The molecule has 2 heterocycles. The molecule has 2 aromatic rings. The van der Waals surface area contributed by atoms with Gasteiger partial charge in [0.1, 0.15) is 5.82 Å². The molecule has 0 atom stereocenters. The number of benzene rings is 1. The molecule has 0 radical (unpaired) electrons. The molecule has 1 N–H and O–H groups in total. The summed E-state index contributed by atoms with van der Waals surface area (Å²) < 4.78 is 0. The second-order valence-electron chi connectivity index (χ2n) is 5.71. The summed E-state index contributed by atoms with van der Waals surface area (Å²) in [6.45, 7) is 5.77. The van der Waals surface area contributed by atoms with Gasteiger partial charge in [0.2, 0.25) is 12.4 Å². The van der Waals surface area contributed by atoms with Crippen LogP contribution in [0.2, 0.25) is 0 Å². The number of nitrogens with one attached hydrogen (secondary N) is 1. The predicted octanol–water partition coefficient (Wildman–Crippen LogP) is 1.68. The van der Waals surface area contributed by atoms with Crippen molar-refractivity contribution in [3.8, 4) is 0 Å². The zero-order valence-corrected chi connectivity index (χ0v) is 13.3. The monoisotopic (exact) mass is 311 g/mol. The normalized spacial score (nSPS) is 14.7. The molecule has 0 saturated carbocycles. The van der Waals surface area contributed by atoms with Gasteiger partial charge in [-0.05, 0) is 18.6 Å². The number of nitrogens with zero attached hydrogens (tertiary/aromatic N) is 4. The van der Waals surface area contributed by atoms with Gasteiger partial charge in [-0.3, -0.25) is 4.79 Å². The Labute approximate surface area is 136 Å². The van der Waals surface area contributed by atoms with Crippen molar-refractivity contribution >= 4 is 18.2 Å². The molecule has 1 aliphatic heterocycles. The molecular formula is C17H21N5O. The number of anilines is 2. The highest BCUT2D eigenvalue weighted by atomic mass is 16.1. The van der Waals surface area contributed by atoms with Crippen LogP contribution in [0.25, 0.3) is 0 Å². The Morgan fingerprint density at radius 3 is 2.57 bits per heavy atom. The van der Waals surface area contributed by atoms with Crippen molar-refractivity contribution in [3.05, 3.63) is 47.7 Å². The highest BCUT2D eigenvalue weighted by Gasteiger charge is 2.17. The van der Waals surface area contributed by atoms with Crippen molar-refractivity contribution in [2.24, 2.45) is 0 Å². The van der Waals surface area contributed by atoms with Crippen LogP contribution in [0.3, 0.4) is 0 Å². The minimum atomic E-state index is 0.712. The van der Waals surface area contributed by atoms with Crippen molar-refractivity contribution in [1.82, 2.24) is 14.9 Å². The third-order valence-corrected chi connectivity index (χ3v) is 3.98. The van der Waals surface area contributed by atoms with Crippen molar-refractivity contribution in [3.63, 3.8) is 0 Å². The number of hydrogen-bond acceptors (Lipinski definition) is 5. The summed E-state index contributed by atoms with van der Waals surface area (Å²) in [6.07, 6.45) is 2.67. The Balaban J connectivity index is 1.61. The van der Waals surface area contributed by atoms with E-state index >= 15 is 0 Å². The van der Waals surface area contributed by atoms with Crippen molar-refractivity contribution in [2.45, 2.75) is 13.5 Å². The molecule has 0 aliphatic carbocycles. The van der Waals surface area contributed by atoms with E-state index in [-0.39, 0.29) is 0 Å². The molecule has 0 unspecified atom stereocenters. The standard InChI is InChI=1S/C17H21N5O/c1-14-2-4-15(5-3-14)12-19-16-6-7-18-17(20-16)22-10-8-21(13-23)9-11-22/h2-7,13H,8-12H2,1H3,(H,18,19,20). The summed E-state index contributed by atoms with van der Waals surface area (Å²) in [5.74, 6) is 1.53. The van der Waals surface area contributed by atoms with Gasteiger partial charge in [0, 0.05) is 38.9 Å². The van der Waals surface area contributed by atoms with Crippen molar-refractivity contribution < 1.29 is 4.79 Å². The fourth-order valence-electron chi connectivity index (χ4n) is 2.53. The van der Waals surface area contributed by atoms with E-state index in [0.29, 0.717) is 19.0 Å². The van der Waals surface area contributed by atoms with E-state index in [9.17, 15) is 4.79 Å². The van der Waals surface area contributed by atoms with Crippen LogP contribution >= 0.6 is 0 Å². The highest BCUT2D eigenvalue weighted by Crippen LogP contribution is 2.14. The molecule has 120 valence electrons.